The fourth-order valence-electron chi connectivity index (χ4n) is 3.06. The minimum absolute atomic E-state index is 0.255. The maximum Gasteiger partial charge on any atom is 0.0789 e. The zero-order valence-electron chi connectivity index (χ0n) is 12.3. The first-order chi connectivity index (χ1) is 9.13. The molecule has 1 fully saturated rings. The molecular formula is C16H26N2O. The van der Waals surface area contributed by atoms with Crippen LogP contribution in [0.1, 0.15) is 51.0 Å². The van der Waals surface area contributed by atoms with Crippen molar-refractivity contribution in [1.82, 2.24) is 0 Å². The number of hydrogen-bond donors (Lipinski definition) is 1. The zero-order valence-corrected chi connectivity index (χ0v) is 12.3. The van der Waals surface area contributed by atoms with Gasteiger partial charge in [0.25, 0.3) is 0 Å². The van der Waals surface area contributed by atoms with Gasteiger partial charge < -0.3 is 9.74 Å². The SMILES string of the molecule is CC(C)c1ccccc1N(C)C1CCC(ON)CC1. The Labute approximate surface area is 116 Å². The van der Waals surface area contributed by atoms with Gasteiger partial charge in [-0.1, -0.05) is 32.0 Å². The van der Waals surface area contributed by atoms with Gasteiger partial charge in [-0.05, 0) is 43.2 Å². The first-order valence-corrected chi connectivity index (χ1v) is 7.30. The first kappa shape index (κ1) is 14.4. The van der Waals surface area contributed by atoms with Gasteiger partial charge >= 0.3 is 0 Å². The van der Waals surface area contributed by atoms with E-state index < -0.39 is 0 Å². The van der Waals surface area contributed by atoms with Crippen molar-refractivity contribution in [3.63, 3.8) is 0 Å². The van der Waals surface area contributed by atoms with Crippen LogP contribution in [0.5, 0.6) is 0 Å². The normalized spacial score (nSPS) is 23.6. The van der Waals surface area contributed by atoms with E-state index in [2.05, 4.69) is 50.1 Å². The molecule has 1 saturated carbocycles. The summed E-state index contributed by atoms with van der Waals surface area (Å²) in [5.41, 5.74) is 2.80. The van der Waals surface area contributed by atoms with Gasteiger partial charge in [0.05, 0.1) is 6.10 Å². The maximum atomic E-state index is 5.29. The van der Waals surface area contributed by atoms with E-state index in [0.717, 1.165) is 25.7 Å². The van der Waals surface area contributed by atoms with Crippen LogP contribution in [-0.4, -0.2) is 19.2 Å². The smallest absolute Gasteiger partial charge is 0.0789 e. The second-order valence-corrected chi connectivity index (χ2v) is 5.89. The quantitative estimate of drug-likeness (QED) is 0.845. The Morgan fingerprint density at radius 3 is 2.37 bits per heavy atom. The number of rotatable bonds is 4. The second kappa shape index (κ2) is 6.40. The lowest BCUT2D eigenvalue weighted by atomic mass is 9.91. The Morgan fingerprint density at radius 2 is 1.79 bits per heavy atom. The highest BCUT2D eigenvalue weighted by Gasteiger charge is 2.25. The van der Waals surface area contributed by atoms with Gasteiger partial charge in [-0.25, -0.2) is 5.90 Å². The Hall–Kier alpha value is -1.06. The van der Waals surface area contributed by atoms with Crippen LogP contribution in [0.15, 0.2) is 24.3 Å². The molecule has 1 aliphatic rings. The van der Waals surface area contributed by atoms with Gasteiger partial charge in [0, 0.05) is 18.8 Å². The van der Waals surface area contributed by atoms with Gasteiger partial charge in [0.2, 0.25) is 0 Å². The molecule has 0 bridgehead atoms. The number of nitrogens with two attached hydrogens (primary N) is 1. The molecule has 0 spiro atoms. The number of hydrogen-bond acceptors (Lipinski definition) is 3. The van der Waals surface area contributed by atoms with Gasteiger partial charge in [0.15, 0.2) is 0 Å². The summed E-state index contributed by atoms with van der Waals surface area (Å²) in [6, 6.07) is 9.34. The molecule has 0 aliphatic heterocycles. The first-order valence-electron chi connectivity index (χ1n) is 7.30. The van der Waals surface area contributed by atoms with Crippen molar-refractivity contribution in [2.24, 2.45) is 5.90 Å². The van der Waals surface area contributed by atoms with E-state index in [4.69, 9.17) is 10.7 Å². The van der Waals surface area contributed by atoms with Crippen molar-refractivity contribution in [3.05, 3.63) is 29.8 Å². The Kier molecular flexibility index (Phi) is 4.83. The van der Waals surface area contributed by atoms with Crippen molar-refractivity contribution < 1.29 is 4.84 Å². The lowest BCUT2D eigenvalue weighted by Gasteiger charge is -2.36. The fraction of sp³-hybridized carbons (Fsp3) is 0.625. The number of benzene rings is 1. The largest absolute Gasteiger partial charge is 0.371 e. The third kappa shape index (κ3) is 3.28. The highest BCUT2D eigenvalue weighted by Crippen LogP contribution is 2.32. The average molecular weight is 262 g/mol. The zero-order chi connectivity index (χ0) is 13.8. The van der Waals surface area contributed by atoms with Crippen LogP contribution in [-0.2, 0) is 4.84 Å². The molecule has 1 aliphatic carbocycles. The summed E-state index contributed by atoms with van der Waals surface area (Å²) in [6.45, 7) is 4.51. The highest BCUT2D eigenvalue weighted by molar-refractivity contribution is 5.55. The molecule has 1 aromatic carbocycles. The monoisotopic (exact) mass is 262 g/mol. The third-order valence-corrected chi connectivity index (χ3v) is 4.32. The lowest BCUT2D eigenvalue weighted by Crippen LogP contribution is -2.38. The summed E-state index contributed by atoms with van der Waals surface area (Å²) in [6.07, 6.45) is 4.70. The molecule has 0 heterocycles. The molecule has 0 amide bonds. The molecule has 1 aromatic rings. The molecular weight excluding hydrogens is 236 g/mol. The Balaban J connectivity index is 2.10. The summed E-state index contributed by atoms with van der Waals surface area (Å²) < 4.78 is 0. The van der Waals surface area contributed by atoms with E-state index in [1.54, 1.807) is 0 Å². The molecule has 3 nitrogen and oxygen atoms in total. The molecule has 3 heteroatoms. The van der Waals surface area contributed by atoms with E-state index in [9.17, 15) is 0 Å². The van der Waals surface area contributed by atoms with Crippen LogP contribution in [0.4, 0.5) is 5.69 Å². The predicted octanol–water partition coefficient (Wildman–Crippen LogP) is 3.45. The molecule has 0 saturated heterocycles. The third-order valence-electron chi connectivity index (χ3n) is 4.32. The maximum absolute atomic E-state index is 5.29. The Bertz CT molecular complexity index is 397. The van der Waals surface area contributed by atoms with E-state index in [1.807, 2.05) is 0 Å². The van der Waals surface area contributed by atoms with Gasteiger partial charge in [0.1, 0.15) is 0 Å². The lowest BCUT2D eigenvalue weighted by molar-refractivity contribution is 0.0242. The van der Waals surface area contributed by atoms with Gasteiger partial charge in [-0.2, -0.15) is 0 Å². The number of nitrogens with zero attached hydrogens (tertiary/aromatic N) is 1. The molecule has 0 unspecified atom stereocenters. The standard InChI is InChI=1S/C16H26N2O/c1-12(2)15-6-4-5-7-16(15)18(3)13-8-10-14(19-17)11-9-13/h4-7,12-14H,8-11,17H2,1-3H3. The van der Waals surface area contributed by atoms with Crippen LogP contribution < -0.4 is 10.8 Å². The number of para-hydroxylation sites is 1. The number of anilines is 1. The van der Waals surface area contributed by atoms with Crippen molar-refractivity contribution in [1.29, 1.82) is 0 Å². The molecule has 0 aromatic heterocycles. The molecule has 2 N–H and O–H groups in total. The second-order valence-electron chi connectivity index (χ2n) is 5.89. The van der Waals surface area contributed by atoms with E-state index in [1.165, 1.54) is 11.3 Å². The van der Waals surface area contributed by atoms with E-state index in [-0.39, 0.29) is 6.10 Å². The van der Waals surface area contributed by atoms with Crippen LogP contribution in [0.2, 0.25) is 0 Å². The highest BCUT2D eigenvalue weighted by atomic mass is 16.6. The average Bonchev–Trinajstić information content (AvgIpc) is 2.46. The summed E-state index contributed by atoms with van der Waals surface area (Å²) in [4.78, 5) is 7.41. The fourth-order valence-corrected chi connectivity index (χ4v) is 3.06. The van der Waals surface area contributed by atoms with Crippen molar-refractivity contribution in [3.8, 4) is 0 Å². The molecule has 19 heavy (non-hydrogen) atoms. The van der Waals surface area contributed by atoms with Crippen molar-refractivity contribution >= 4 is 5.69 Å². The van der Waals surface area contributed by atoms with Crippen molar-refractivity contribution in [2.75, 3.05) is 11.9 Å². The Morgan fingerprint density at radius 1 is 1.16 bits per heavy atom. The van der Waals surface area contributed by atoms with Crippen molar-refractivity contribution in [2.45, 2.75) is 57.6 Å². The molecule has 2 rings (SSSR count). The predicted molar refractivity (Wildman–Crippen MR) is 80.3 cm³/mol. The van der Waals surface area contributed by atoms with Gasteiger partial charge in [-0.15, -0.1) is 0 Å². The molecule has 106 valence electrons. The minimum Gasteiger partial charge on any atom is -0.371 e. The van der Waals surface area contributed by atoms with Crippen LogP contribution in [0, 0.1) is 0 Å². The summed E-state index contributed by atoms with van der Waals surface area (Å²) in [5, 5.41) is 0. The molecule has 0 atom stereocenters. The van der Waals surface area contributed by atoms with E-state index >= 15 is 0 Å². The topological polar surface area (TPSA) is 38.5 Å². The molecule has 0 radical (unpaired) electrons. The van der Waals surface area contributed by atoms with Crippen LogP contribution >= 0.6 is 0 Å². The summed E-state index contributed by atoms with van der Waals surface area (Å²) in [7, 11) is 2.22. The van der Waals surface area contributed by atoms with Gasteiger partial charge in [-0.3, -0.25) is 0 Å². The van der Waals surface area contributed by atoms with Crippen LogP contribution in [0.25, 0.3) is 0 Å². The van der Waals surface area contributed by atoms with E-state index in [0.29, 0.717) is 12.0 Å². The van der Waals surface area contributed by atoms with Crippen LogP contribution in [0.3, 0.4) is 0 Å². The minimum atomic E-state index is 0.255. The summed E-state index contributed by atoms with van der Waals surface area (Å²) >= 11 is 0. The summed E-state index contributed by atoms with van der Waals surface area (Å²) in [5.74, 6) is 5.84.